The van der Waals surface area contributed by atoms with Gasteiger partial charge in [-0.3, -0.25) is 14.4 Å². The summed E-state index contributed by atoms with van der Waals surface area (Å²) in [5.41, 5.74) is 0. The van der Waals surface area contributed by atoms with Crippen molar-refractivity contribution in [1.82, 2.24) is 0 Å². The first-order valence-corrected chi connectivity index (χ1v) is 31.6. The molecule has 0 aliphatic heterocycles. The van der Waals surface area contributed by atoms with Crippen LogP contribution in [0.2, 0.25) is 0 Å². The number of rotatable bonds is 57. The minimum absolute atomic E-state index is 0.0803. The van der Waals surface area contributed by atoms with Gasteiger partial charge in [0.15, 0.2) is 6.10 Å². The quantitative estimate of drug-likeness (QED) is 0.0261. The average Bonchev–Trinajstić information content (AvgIpc) is 3.40. The molecule has 0 saturated heterocycles. The minimum atomic E-state index is -0.783. The van der Waals surface area contributed by atoms with Gasteiger partial charge in [-0.15, -0.1) is 0 Å². The summed E-state index contributed by atoms with van der Waals surface area (Å²) in [4.78, 5) is 38.3. The second kappa shape index (κ2) is 62.1. The molecule has 74 heavy (non-hydrogen) atoms. The third-order valence-electron chi connectivity index (χ3n) is 13.6. The molecule has 1 unspecified atom stereocenters. The molecule has 0 amide bonds. The zero-order valence-electron chi connectivity index (χ0n) is 48.8. The van der Waals surface area contributed by atoms with Crippen molar-refractivity contribution in [2.45, 2.75) is 316 Å². The van der Waals surface area contributed by atoms with Crippen LogP contribution in [0.3, 0.4) is 0 Å². The number of allylic oxidation sites excluding steroid dienone is 14. The van der Waals surface area contributed by atoms with Crippen LogP contribution in [0.4, 0.5) is 0 Å². The van der Waals surface area contributed by atoms with Gasteiger partial charge in [-0.1, -0.05) is 260 Å². The molecule has 6 nitrogen and oxygen atoms in total. The number of unbranched alkanes of at least 4 members (excludes halogenated alkanes) is 32. The Morgan fingerprint density at radius 1 is 0.284 bits per heavy atom. The van der Waals surface area contributed by atoms with E-state index >= 15 is 0 Å². The maximum atomic E-state index is 12.9. The number of carbonyl (C=O) groups excluding carboxylic acids is 3. The largest absolute Gasteiger partial charge is 0.462 e. The zero-order valence-corrected chi connectivity index (χ0v) is 48.8. The lowest BCUT2D eigenvalue weighted by Gasteiger charge is -2.18. The molecule has 0 aromatic heterocycles. The number of carbonyl (C=O) groups is 3. The first-order chi connectivity index (χ1) is 36.5. The van der Waals surface area contributed by atoms with E-state index in [0.717, 1.165) is 96.3 Å². The molecule has 0 N–H and O–H groups in total. The predicted molar refractivity (Wildman–Crippen MR) is 321 cm³/mol. The van der Waals surface area contributed by atoms with Crippen LogP contribution >= 0.6 is 0 Å². The Hall–Kier alpha value is -3.41. The van der Waals surface area contributed by atoms with Crippen molar-refractivity contribution >= 4 is 17.9 Å². The number of hydrogen-bond acceptors (Lipinski definition) is 6. The summed E-state index contributed by atoms with van der Waals surface area (Å²) in [7, 11) is 0. The SMILES string of the molecule is CC/C=C\C/C=C\C/C=C\C/C=C\CCCCCCCCCCCCCCC(=O)OCC(COC(=O)CCCCCCC/C=C\CCCCC)OC(=O)CCCCCCCCCCC/C=C\C/C=C\CCCCC. The highest BCUT2D eigenvalue weighted by Crippen LogP contribution is 2.16. The Labute approximate surface area is 458 Å². The number of hydrogen-bond donors (Lipinski definition) is 0. The van der Waals surface area contributed by atoms with Crippen LogP contribution in [0.1, 0.15) is 310 Å². The van der Waals surface area contributed by atoms with Crippen LogP contribution in [0.25, 0.3) is 0 Å². The van der Waals surface area contributed by atoms with E-state index in [-0.39, 0.29) is 31.1 Å². The van der Waals surface area contributed by atoms with E-state index in [4.69, 9.17) is 14.2 Å². The Balaban J connectivity index is 4.29. The van der Waals surface area contributed by atoms with Crippen molar-refractivity contribution in [1.29, 1.82) is 0 Å². The molecule has 0 radical (unpaired) electrons. The predicted octanol–water partition coefficient (Wildman–Crippen LogP) is 21.5. The lowest BCUT2D eigenvalue weighted by Crippen LogP contribution is -2.30. The third kappa shape index (κ3) is 59.5. The highest BCUT2D eigenvalue weighted by Gasteiger charge is 2.19. The van der Waals surface area contributed by atoms with Gasteiger partial charge < -0.3 is 14.2 Å². The number of esters is 3. The van der Waals surface area contributed by atoms with Crippen molar-refractivity contribution in [3.63, 3.8) is 0 Å². The summed E-state index contributed by atoms with van der Waals surface area (Å²) in [5.74, 6) is -0.885. The summed E-state index contributed by atoms with van der Waals surface area (Å²) in [5, 5.41) is 0. The molecule has 0 fully saturated rings. The Morgan fingerprint density at radius 2 is 0.527 bits per heavy atom. The topological polar surface area (TPSA) is 78.9 Å². The Kier molecular flexibility index (Phi) is 59.3. The van der Waals surface area contributed by atoms with Gasteiger partial charge in [-0.25, -0.2) is 0 Å². The molecule has 6 heteroatoms. The van der Waals surface area contributed by atoms with Crippen molar-refractivity contribution < 1.29 is 28.6 Å². The summed E-state index contributed by atoms with van der Waals surface area (Å²) in [6, 6.07) is 0. The summed E-state index contributed by atoms with van der Waals surface area (Å²) in [6.45, 7) is 6.49. The lowest BCUT2D eigenvalue weighted by molar-refractivity contribution is -0.167. The molecule has 0 aliphatic carbocycles. The average molecular weight is 1030 g/mol. The van der Waals surface area contributed by atoms with E-state index in [2.05, 4.69) is 106 Å². The summed E-state index contributed by atoms with van der Waals surface area (Å²) in [6.07, 6.45) is 81.6. The van der Waals surface area contributed by atoms with E-state index in [9.17, 15) is 14.4 Å². The van der Waals surface area contributed by atoms with E-state index in [1.54, 1.807) is 0 Å². The van der Waals surface area contributed by atoms with E-state index in [1.165, 1.54) is 173 Å². The van der Waals surface area contributed by atoms with Gasteiger partial charge in [0.2, 0.25) is 0 Å². The number of ether oxygens (including phenoxy) is 3. The van der Waals surface area contributed by atoms with Gasteiger partial charge in [0.25, 0.3) is 0 Å². The summed E-state index contributed by atoms with van der Waals surface area (Å²) >= 11 is 0. The van der Waals surface area contributed by atoms with Crippen molar-refractivity contribution in [3.8, 4) is 0 Å². The third-order valence-corrected chi connectivity index (χ3v) is 13.6. The van der Waals surface area contributed by atoms with E-state index in [1.807, 2.05) is 0 Å². The van der Waals surface area contributed by atoms with Gasteiger partial charge in [0.05, 0.1) is 0 Å². The van der Waals surface area contributed by atoms with Gasteiger partial charge in [0, 0.05) is 19.3 Å². The van der Waals surface area contributed by atoms with Crippen LogP contribution in [-0.2, 0) is 28.6 Å². The van der Waals surface area contributed by atoms with Gasteiger partial charge in [-0.2, -0.15) is 0 Å². The fraction of sp³-hybridized carbons (Fsp3) is 0.750. The fourth-order valence-electron chi connectivity index (χ4n) is 8.87. The Bertz CT molecular complexity index is 1420. The van der Waals surface area contributed by atoms with Crippen molar-refractivity contribution in [3.05, 3.63) is 85.1 Å². The second-order valence-electron chi connectivity index (χ2n) is 20.9. The molecule has 0 aromatic carbocycles. The molecule has 0 aliphatic rings. The van der Waals surface area contributed by atoms with Crippen LogP contribution in [0.15, 0.2) is 85.1 Å². The van der Waals surface area contributed by atoms with Crippen molar-refractivity contribution in [2.24, 2.45) is 0 Å². The first-order valence-electron chi connectivity index (χ1n) is 31.6. The van der Waals surface area contributed by atoms with Gasteiger partial charge >= 0.3 is 17.9 Å². The maximum absolute atomic E-state index is 12.9. The smallest absolute Gasteiger partial charge is 0.306 e. The first kappa shape index (κ1) is 70.6. The molecule has 0 heterocycles. The second-order valence-corrected chi connectivity index (χ2v) is 20.9. The highest BCUT2D eigenvalue weighted by atomic mass is 16.6. The van der Waals surface area contributed by atoms with Crippen LogP contribution in [0.5, 0.6) is 0 Å². The standard InChI is InChI=1S/C68H118O6/c1-4-7-10-13-16-19-22-25-27-29-31-32-33-34-35-36-38-39-41-43-46-49-52-55-58-61-67(70)73-64-65(63-72-66(69)60-57-54-51-48-45-24-21-18-15-12-9-6-3)74-68(71)62-59-56-53-50-47-44-42-40-37-30-28-26-23-20-17-14-11-8-5-2/h7,10,16-21,25-28,31-32,65H,4-6,8-9,11-15,22-24,29-30,33-64H2,1-3H3/b10-7-,19-16-,20-17-,21-18-,27-25-,28-26-,32-31-. The molecule has 0 spiro atoms. The van der Waals surface area contributed by atoms with Crippen LogP contribution in [-0.4, -0.2) is 37.2 Å². The molecule has 0 rings (SSSR count). The molecule has 0 saturated carbocycles. The molecule has 426 valence electrons. The molecular weight excluding hydrogens is 913 g/mol. The maximum Gasteiger partial charge on any atom is 0.306 e. The van der Waals surface area contributed by atoms with Crippen LogP contribution < -0.4 is 0 Å². The summed E-state index contributed by atoms with van der Waals surface area (Å²) < 4.78 is 16.9. The normalized spacial score (nSPS) is 12.6. The Morgan fingerprint density at radius 3 is 0.838 bits per heavy atom. The highest BCUT2D eigenvalue weighted by molar-refractivity contribution is 5.71. The van der Waals surface area contributed by atoms with E-state index < -0.39 is 6.10 Å². The fourth-order valence-corrected chi connectivity index (χ4v) is 8.87. The monoisotopic (exact) mass is 1030 g/mol. The van der Waals surface area contributed by atoms with Gasteiger partial charge in [-0.05, 0) is 116 Å². The van der Waals surface area contributed by atoms with Crippen molar-refractivity contribution in [2.75, 3.05) is 13.2 Å². The zero-order chi connectivity index (χ0) is 53.6. The molecule has 0 aromatic rings. The minimum Gasteiger partial charge on any atom is -0.462 e. The molecular formula is C68H118O6. The van der Waals surface area contributed by atoms with Crippen LogP contribution in [0, 0.1) is 0 Å². The van der Waals surface area contributed by atoms with Gasteiger partial charge in [0.1, 0.15) is 13.2 Å². The molecule has 1 atom stereocenters. The lowest BCUT2D eigenvalue weighted by atomic mass is 10.0. The van der Waals surface area contributed by atoms with E-state index in [0.29, 0.717) is 19.3 Å². The molecule has 0 bridgehead atoms.